The predicted octanol–water partition coefficient (Wildman–Crippen LogP) is 1.92. The van der Waals surface area contributed by atoms with Gasteiger partial charge in [-0.25, -0.2) is 13.6 Å². The number of anilines is 2. The van der Waals surface area contributed by atoms with Crippen LogP contribution in [0.1, 0.15) is 6.42 Å². The first-order chi connectivity index (χ1) is 10.9. The monoisotopic (exact) mass is 393 g/mol. The van der Waals surface area contributed by atoms with Gasteiger partial charge in [-0.2, -0.15) is 0 Å². The van der Waals surface area contributed by atoms with Crippen LogP contribution in [0.4, 0.5) is 25.0 Å². The van der Waals surface area contributed by atoms with Crippen LogP contribution < -0.4 is 20.7 Å². The summed E-state index contributed by atoms with van der Waals surface area (Å²) in [6, 6.07) is 1.27. The van der Waals surface area contributed by atoms with Gasteiger partial charge >= 0.3 is 6.03 Å². The van der Waals surface area contributed by atoms with E-state index >= 15 is 0 Å². The van der Waals surface area contributed by atoms with E-state index in [1.807, 2.05) is 0 Å². The predicted molar refractivity (Wildman–Crippen MR) is 81.9 cm³/mol. The number of aliphatic hydroxyl groups is 1. The van der Waals surface area contributed by atoms with Crippen LogP contribution in [0.25, 0.3) is 0 Å². The van der Waals surface area contributed by atoms with E-state index in [9.17, 15) is 18.4 Å². The first-order valence-corrected chi connectivity index (χ1v) is 7.41. The second-order valence-electron chi connectivity index (χ2n) is 4.77. The van der Waals surface area contributed by atoms with Gasteiger partial charge in [0.15, 0.2) is 6.61 Å². The lowest BCUT2D eigenvalue weighted by Crippen LogP contribution is -2.41. The summed E-state index contributed by atoms with van der Waals surface area (Å²) in [5.74, 6) is -0.0187. The molecule has 1 aromatic rings. The third-order valence-electron chi connectivity index (χ3n) is 2.96. The van der Waals surface area contributed by atoms with Gasteiger partial charge in [0.25, 0.3) is 5.91 Å². The number of ether oxygens (including phenoxy) is 1. The van der Waals surface area contributed by atoms with Crippen molar-refractivity contribution in [3.63, 3.8) is 0 Å². The molecule has 1 aliphatic heterocycles. The van der Waals surface area contributed by atoms with Crippen LogP contribution in [0.3, 0.4) is 0 Å². The van der Waals surface area contributed by atoms with Crippen molar-refractivity contribution in [3.8, 4) is 5.75 Å². The first kappa shape index (κ1) is 17.4. The number of alkyl halides is 2. The molecule has 0 aromatic heterocycles. The molecule has 1 aliphatic rings. The molecule has 0 saturated carbocycles. The lowest BCUT2D eigenvalue weighted by Gasteiger charge is -2.22. The fourth-order valence-electron chi connectivity index (χ4n) is 1.98. The minimum atomic E-state index is -2.65. The summed E-state index contributed by atoms with van der Waals surface area (Å²) >= 11 is 3.24. The Bertz CT molecular complexity index is 615. The second kappa shape index (κ2) is 7.55. The Labute approximate surface area is 138 Å². The standard InChI is InChI=1S/C13H14BrF2N3O4/c14-6-1-8(12-9(2-6)23-5-11(21)19-12)18-13(22)17-7(4-20)3-10(15)16/h1-2,7,10,20H,3-5H2,(H,19,21)(H2,17,18,22). The molecular weight excluding hydrogens is 380 g/mol. The molecule has 1 unspecified atom stereocenters. The maximum absolute atomic E-state index is 12.3. The Hall–Kier alpha value is -1.94. The fraction of sp³-hybridized carbons (Fsp3) is 0.385. The lowest BCUT2D eigenvalue weighted by molar-refractivity contribution is -0.118. The summed E-state index contributed by atoms with van der Waals surface area (Å²) in [7, 11) is 0. The molecule has 0 saturated heterocycles. The van der Waals surface area contributed by atoms with Crippen molar-refractivity contribution < 1.29 is 28.2 Å². The number of urea groups is 1. The Kier molecular flexibility index (Phi) is 5.72. The number of halogens is 3. The Balaban J connectivity index is 2.11. The van der Waals surface area contributed by atoms with Crippen LogP contribution in [0.5, 0.6) is 5.75 Å². The minimum absolute atomic E-state index is 0.143. The van der Waals surface area contributed by atoms with Crippen LogP contribution in [-0.4, -0.2) is 42.7 Å². The number of carbonyl (C=O) groups excluding carboxylic acids is 2. The van der Waals surface area contributed by atoms with Crippen molar-refractivity contribution in [3.05, 3.63) is 16.6 Å². The van der Waals surface area contributed by atoms with E-state index in [2.05, 4.69) is 31.9 Å². The molecule has 4 N–H and O–H groups in total. The first-order valence-electron chi connectivity index (χ1n) is 6.61. The third kappa shape index (κ3) is 4.76. The number of hydrogen-bond acceptors (Lipinski definition) is 4. The zero-order valence-electron chi connectivity index (χ0n) is 11.7. The number of aliphatic hydroxyl groups excluding tert-OH is 1. The van der Waals surface area contributed by atoms with E-state index in [1.165, 1.54) is 6.07 Å². The minimum Gasteiger partial charge on any atom is -0.481 e. The Morgan fingerprint density at radius 1 is 1.48 bits per heavy atom. The third-order valence-corrected chi connectivity index (χ3v) is 3.41. The van der Waals surface area contributed by atoms with Gasteiger partial charge in [-0.1, -0.05) is 15.9 Å². The van der Waals surface area contributed by atoms with Gasteiger partial charge in [0, 0.05) is 10.9 Å². The number of rotatable bonds is 5. The van der Waals surface area contributed by atoms with Crippen molar-refractivity contribution in [2.45, 2.75) is 18.9 Å². The van der Waals surface area contributed by atoms with Crippen LogP contribution in [-0.2, 0) is 4.79 Å². The highest BCUT2D eigenvalue weighted by Gasteiger charge is 2.22. The van der Waals surface area contributed by atoms with E-state index in [0.717, 1.165) is 0 Å². The summed E-state index contributed by atoms with van der Waals surface area (Å²) in [4.78, 5) is 23.3. The smallest absolute Gasteiger partial charge is 0.319 e. The van der Waals surface area contributed by atoms with Gasteiger partial charge in [-0.05, 0) is 12.1 Å². The van der Waals surface area contributed by atoms with Crippen molar-refractivity contribution in [1.82, 2.24) is 5.32 Å². The lowest BCUT2D eigenvalue weighted by atomic mass is 10.2. The fourth-order valence-corrected chi connectivity index (χ4v) is 2.42. The number of carbonyl (C=O) groups is 2. The topological polar surface area (TPSA) is 99.7 Å². The molecule has 7 nitrogen and oxygen atoms in total. The van der Waals surface area contributed by atoms with Crippen molar-refractivity contribution in [2.24, 2.45) is 0 Å². The molecule has 0 bridgehead atoms. The largest absolute Gasteiger partial charge is 0.481 e. The van der Waals surface area contributed by atoms with Crippen LogP contribution in [0, 0.1) is 0 Å². The highest BCUT2D eigenvalue weighted by molar-refractivity contribution is 9.10. The number of amides is 3. The Morgan fingerprint density at radius 2 is 2.22 bits per heavy atom. The van der Waals surface area contributed by atoms with Crippen molar-refractivity contribution in [2.75, 3.05) is 23.8 Å². The molecule has 2 rings (SSSR count). The molecule has 23 heavy (non-hydrogen) atoms. The van der Waals surface area contributed by atoms with Crippen molar-refractivity contribution >= 4 is 39.2 Å². The van der Waals surface area contributed by atoms with E-state index in [1.54, 1.807) is 6.07 Å². The molecule has 0 radical (unpaired) electrons. The molecule has 1 aromatic carbocycles. The maximum atomic E-state index is 12.3. The SMILES string of the molecule is O=C1COc2cc(Br)cc(NC(=O)NC(CO)CC(F)F)c2N1. The highest BCUT2D eigenvalue weighted by Crippen LogP contribution is 2.38. The number of fused-ring (bicyclic) bond motifs is 1. The van der Waals surface area contributed by atoms with Crippen LogP contribution >= 0.6 is 15.9 Å². The van der Waals surface area contributed by atoms with E-state index < -0.39 is 31.5 Å². The molecule has 0 fully saturated rings. The number of nitrogens with one attached hydrogen (secondary N) is 3. The summed E-state index contributed by atoms with van der Waals surface area (Å²) in [6.07, 6.45) is -3.32. The zero-order chi connectivity index (χ0) is 17.0. The molecule has 1 heterocycles. The highest BCUT2D eigenvalue weighted by atomic mass is 79.9. The molecule has 1 atom stereocenters. The van der Waals surface area contributed by atoms with Gasteiger partial charge in [0.1, 0.15) is 11.4 Å². The second-order valence-corrected chi connectivity index (χ2v) is 5.68. The van der Waals surface area contributed by atoms with E-state index in [-0.39, 0.29) is 23.9 Å². The molecule has 0 aliphatic carbocycles. The van der Waals surface area contributed by atoms with Crippen LogP contribution in [0.15, 0.2) is 16.6 Å². The van der Waals surface area contributed by atoms with E-state index in [4.69, 9.17) is 9.84 Å². The zero-order valence-corrected chi connectivity index (χ0v) is 13.3. The van der Waals surface area contributed by atoms with Gasteiger partial charge in [0.05, 0.1) is 18.3 Å². The molecule has 126 valence electrons. The summed E-state index contributed by atoms with van der Waals surface area (Å²) < 4.78 is 30.5. The average molecular weight is 394 g/mol. The van der Waals surface area contributed by atoms with Gasteiger partial charge in [-0.15, -0.1) is 0 Å². The molecular formula is C13H14BrF2N3O4. The van der Waals surface area contributed by atoms with Crippen LogP contribution in [0.2, 0.25) is 0 Å². The van der Waals surface area contributed by atoms with Gasteiger partial charge in [0.2, 0.25) is 6.43 Å². The summed E-state index contributed by atoms with van der Waals surface area (Å²) in [5, 5.41) is 16.2. The summed E-state index contributed by atoms with van der Waals surface area (Å²) in [6.45, 7) is -0.760. The van der Waals surface area contributed by atoms with E-state index in [0.29, 0.717) is 10.2 Å². The van der Waals surface area contributed by atoms with Gasteiger partial charge < -0.3 is 25.8 Å². The number of hydrogen-bond donors (Lipinski definition) is 4. The average Bonchev–Trinajstić information content (AvgIpc) is 2.46. The summed E-state index contributed by atoms with van der Waals surface area (Å²) in [5.41, 5.74) is 0.502. The quantitative estimate of drug-likeness (QED) is 0.613. The number of benzene rings is 1. The van der Waals surface area contributed by atoms with Gasteiger partial charge in [-0.3, -0.25) is 4.79 Å². The van der Waals surface area contributed by atoms with Crippen molar-refractivity contribution in [1.29, 1.82) is 0 Å². The molecule has 3 amide bonds. The maximum Gasteiger partial charge on any atom is 0.319 e. The molecule has 10 heteroatoms. The molecule has 0 spiro atoms. The Morgan fingerprint density at radius 3 is 2.87 bits per heavy atom. The normalized spacial score (nSPS) is 14.6.